The van der Waals surface area contributed by atoms with E-state index in [-0.39, 0.29) is 5.91 Å². The summed E-state index contributed by atoms with van der Waals surface area (Å²) < 4.78 is 1.65. The molecule has 0 bridgehead atoms. The Balaban J connectivity index is 2.17. The van der Waals surface area contributed by atoms with Gasteiger partial charge in [-0.15, -0.1) is 0 Å². The smallest absolute Gasteiger partial charge is 0.329 e. The highest BCUT2D eigenvalue weighted by Gasteiger charge is 2.46. The maximum absolute atomic E-state index is 13.1. The van der Waals surface area contributed by atoms with Crippen molar-refractivity contribution in [2.24, 2.45) is 7.05 Å². The van der Waals surface area contributed by atoms with Crippen LogP contribution >= 0.6 is 0 Å². The second-order valence-electron chi connectivity index (χ2n) is 6.36. The maximum atomic E-state index is 13.1. The zero-order chi connectivity index (χ0) is 16.9. The molecule has 23 heavy (non-hydrogen) atoms. The number of aliphatic carboxylic acids is 1. The Morgan fingerprint density at radius 2 is 2.04 bits per heavy atom. The number of carboxylic acid groups (broad SMARTS) is 1. The first kappa shape index (κ1) is 15.5. The largest absolute Gasteiger partial charge is 0.480 e. The van der Waals surface area contributed by atoms with E-state index in [4.69, 9.17) is 0 Å². The molecule has 0 aliphatic carbocycles. The number of aromatic nitrogens is 3. The van der Waals surface area contributed by atoms with Crippen molar-refractivity contribution in [1.82, 2.24) is 19.7 Å². The first-order chi connectivity index (χ1) is 10.8. The average molecular weight is 316 g/mol. The van der Waals surface area contributed by atoms with Crippen LogP contribution in [0.4, 0.5) is 0 Å². The quantitative estimate of drug-likeness (QED) is 0.910. The van der Waals surface area contributed by atoms with Gasteiger partial charge < -0.3 is 10.0 Å². The zero-order valence-electron chi connectivity index (χ0n) is 13.8. The fourth-order valence-electron chi connectivity index (χ4n) is 3.40. The number of rotatable bonds is 2. The van der Waals surface area contributed by atoms with Crippen molar-refractivity contribution < 1.29 is 14.7 Å². The summed E-state index contributed by atoms with van der Waals surface area (Å²) in [6.07, 6.45) is 1.15. The Kier molecular flexibility index (Phi) is 3.39. The number of amides is 1. The molecule has 1 unspecified atom stereocenters. The van der Waals surface area contributed by atoms with Crippen LogP contribution in [0.15, 0.2) is 6.07 Å². The van der Waals surface area contributed by atoms with Gasteiger partial charge in [-0.1, -0.05) is 0 Å². The molecule has 7 heteroatoms. The lowest BCUT2D eigenvalue weighted by atomic mass is 9.98. The predicted molar refractivity (Wildman–Crippen MR) is 84.3 cm³/mol. The number of likely N-dealkylation sites (tertiary alicyclic amines) is 1. The lowest BCUT2D eigenvalue weighted by molar-refractivity contribution is -0.147. The van der Waals surface area contributed by atoms with Gasteiger partial charge >= 0.3 is 5.97 Å². The topological polar surface area (TPSA) is 88.3 Å². The molecule has 1 aliphatic heterocycles. The number of carboxylic acids is 1. The third-order valence-electron chi connectivity index (χ3n) is 4.67. The summed E-state index contributed by atoms with van der Waals surface area (Å²) in [7, 11) is 1.78. The third-order valence-corrected chi connectivity index (χ3v) is 4.67. The first-order valence-corrected chi connectivity index (χ1v) is 7.62. The monoisotopic (exact) mass is 316 g/mol. The molecule has 2 aromatic heterocycles. The normalized spacial score (nSPS) is 21.1. The summed E-state index contributed by atoms with van der Waals surface area (Å²) in [5, 5.41) is 14.6. The van der Waals surface area contributed by atoms with Gasteiger partial charge in [-0.2, -0.15) is 5.10 Å². The maximum Gasteiger partial charge on any atom is 0.329 e. The van der Waals surface area contributed by atoms with E-state index in [2.05, 4.69) is 10.1 Å². The van der Waals surface area contributed by atoms with E-state index in [1.807, 2.05) is 13.8 Å². The van der Waals surface area contributed by atoms with Gasteiger partial charge in [0.1, 0.15) is 5.54 Å². The average Bonchev–Trinajstić information content (AvgIpc) is 3.00. The molecule has 0 saturated carbocycles. The van der Waals surface area contributed by atoms with Gasteiger partial charge in [0.2, 0.25) is 0 Å². The lowest BCUT2D eigenvalue weighted by Gasteiger charge is -2.31. The molecule has 1 atom stereocenters. The summed E-state index contributed by atoms with van der Waals surface area (Å²) >= 11 is 0. The molecule has 0 aromatic carbocycles. The van der Waals surface area contributed by atoms with E-state index in [1.165, 1.54) is 4.90 Å². The fraction of sp³-hybridized carbons (Fsp3) is 0.500. The minimum atomic E-state index is -1.16. The zero-order valence-corrected chi connectivity index (χ0v) is 13.8. The molecule has 0 spiro atoms. The van der Waals surface area contributed by atoms with Crippen molar-refractivity contribution >= 4 is 22.9 Å². The van der Waals surface area contributed by atoms with Crippen LogP contribution < -0.4 is 0 Å². The SMILES string of the molecule is Cc1cc(C(=O)N2CCCC2(C)C(=O)O)c2c(C)nn(C)c2n1. The summed E-state index contributed by atoms with van der Waals surface area (Å²) in [5.74, 6) is -1.23. The number of carbonyl (C=O) groups excluding carboxylic acids is 1. The van der Waals surface area contributed by atoms with Gasteiger partial charge in [-0.05, 0) is 39.7 Å². The predicted octanol–water partition coefficient (Wildman–Crippen LogP) is 1.66. The van der Waals surface area contributed by atoms with Crippen molar-refractivity contribution in [3.63, 3.8) is 0 Å². The van der Waals surface area contributed by atoms with Gasteiger partial charge in [-0.3, -0.25) is 9.48 Å². The number of nitrogens with zero attached hydrogens (tertiary/aromatic N) is 4. The van der Waals surface area contributed by atoms with Crippen LogP contribution in [0.25, 0.3) is 11.0 Å². The van der Waals surface area contributed by atoms with E-state index in [1.54, 1.807) is 24.7 Å². The van der Waals surface area contributed by atoms with E-state index < -0.39 is 11.5 Å². The fourth-order valence-corrected chi connectivity index (χ4v) is 3.40. The Morgan fingerprint density at radius 3 is 2.70 bits per heavy atom. The molecule has 1 fully saturated rings. The molecule has 1 amide bonds. The van der Waals surface area contributed by atoms with Crippen molar-refractivity contribution in [1.29, 1.82) is 0 Å². The van der Waals surface area contributed by atoms with Crippen LogP contribution in [0.1, 0.15) is 41.5 Å². The molecular weight excluding hydrogens is 296 g/mol. The van der Waals surface area contributed by atoms with Crippen LogP contribution in [0.2, 0.25) is 0 Å². The number of hydrogen-bond donors (Lipinski definition) is 1. The van der Waals surface area contributed by atoms with E-state index in [0.29, 0.717) is 41.7 Å². The Labute approximate surface area is 133 Å². The van der Waals surface area contributed by atoms with Crippen molar-refractivity contribution in [3.05, 3.63) is 23.0 Å². The minimum absolute atomic E-state index is 0.265. The summed E-state index contributed by atoms with van der Waals surface area (Å²) in [6, 6.07) is 1.72. The summed E-state index contributed by atoms with van der Waals surface area (Å²) in [5.41, 5.74) is 1.39. The van der Waals surface area contributed by atoms with Crippen molar-refractivity contribution in [2.75, 3.05) is 6.54 Å². The molecule has 3 heterocycles. The molecular formula is C16H20N4O3. The van der Waals surface area contributed by atoms with Gasteiger partial charge in [0.15, 0.2) is 5.65 Å². The van der Waals surface area contributed by atoms with Crippen LogP contribution in [0.3, 0.4) is 0 Å². The van der Waals surface area contributed by atoms with Crippen LogP contribution in [0.5, 0.6) is 0 Å². The van der Waals surface area contributed by atoms with Crippen LogP contribution in [-0.2, 0) is 11.8 Å². The van der Waals surface area contributed by atoms with E-state index >= 15 is 0 Å². The highest BCUT2D eigenvalue weighted by molar-refractivity contribution is 6.08. The third kappa shape index (κ3) is 2.18. The molecule has 122 valence electrons. The lowest BCUT2D eigenvalue weighted by Crippen LogP contribution is -2.50. The Bertz CT molecular complexity index is 826. The van der Waals surface area contributed by atoms with E-state index in [0.717, 1.165) is 5.69 Å². The standard InChI is InChI=1S/C16H20N4O3/c1-9-8-11(12-10(2)18-19(4)13(12)17-9)14(21)20-7-5-6-16(20,3)15(22)23/h8H,5-7H2,1-4H3,(H,22,23). The number of carbonyl (C=O) groups is 2. The summed E-state index contributed by atoms with van der Waals surface area (Å²) in [4.78, 5) is 30.7. The molecule has 1 saturated heterocycles. The summed E-state index contributed by atoms with van der Waals surface area (Å²) in [6.45, 7) is 5.71. The molecule has 3 rings (SSSR count). The van der Waals surface area contributed by atoms with Crippen LogP contribution in [-0.4, -0.2) is 48.7 Å². The highest BCUT2D eigenvalue weighted by Crippen LogP contribution is 2.32. The number of aryl methyl sites for hydroxylation is 3. The minimum Gasteiger partial charge on any atom is -0.480 e. The second-order valence-corrected chi connectivity index (χ2v) is 6.36. The van der Waals surface area contributed by atoms with Crippen LogP contribution in [0, 0.1) is 13.8 Å². The Hall–Kier alpha value is -2.44. The number of pyridine rings is 1. The molecule has 2 aromatic rings. The number of hydrogen-bond acceptors (Lipinski definition) is 4. The van der Waals surface area contributed by atoms with Gasteiger partial charge in [0.25, 0.3) is 5.91 Å². The highest BCUT2D eigenvalue weighted by atomic mass is 16.4. The molecule has 1 aliphatic rings. The van der Waals surface area contributed by atoms with E-state index in [9.17, 15) is 14.7 Å². The Morgan fingerprint density at radius 1 is 1.35 bits per heavy atom. The molecule has 1 N–H and O–H groups in total. The van der Waals surface area contributed by atoms with Gasteiger partial charge in [-0.25, -0.2) is 9.78 Å². The second kappa shape index (κ2) is 5.04. The van der Waals surface area contributed by atoms with Crippen molar-refractivity contribution in [3.8, 4) is 0 Å². The molecule has 7 nitrogen and oxygen atoms in total. The van der Waals surface area contributed by atoms with Gasteiger partial charge in [0, 0.05) is 19.3 Å². The van der Waals surface area contributed by atoms with Gasteiger partial charge in [0.05, 0.1) is 16.6 Å². The first-order valence-electron chi connectivity index (χ1n) is 7.62. The number of fused-ring (bicyclic) bond motifs is 1. The van der Waals surface area contributed by atoms with Crippen molar-refractivity contribution in [2.45, 2.75) is 39.2 Å². The molecule has 0 radical (unpaired) electrons.